The van der Waals surface area contributed by atoms with Crippen LogP contribution in [0.1, 0.15) is 24.5 Å². The SMILES string of the molecule is Cc1nc(C)n(CCCC(=O)Nc2ccc(N)cc2)n1. The highest BCUT2D eigenvalue weighted by Crippen LogP contribution is 2.11. The Bertz CT molecular complexity index is 588. The standard InChI is InChI=1S/C14H19N5O/c1-10-16-11(2)19(18-10)9-3-4-14(20)17-13-7-5-12(15)6-8-13/h5-8H,3-4,9,15H2,1-2H3,(H,17,20). The van der Waals surface area contributed by atoms with Gasteiger partial charge in [-0.05, 0) is 44.5 Å². The number of benzene rings is 1. The van der Waals surface area contributed by atoms with Gasteiger partial charge in [-0.2, -0.15) is 5.10 Å². The van der Waals surface area contributed by atoms with E-state index >= 15 is 0 Å². The van der Waals surface area contributed by atoms with Gasteiger partial charge in [0.2, 0.25) is 5.91 Å². The Morgan fingerprint density at radius 3 is 2.60 bits per heavy atom. The minimum Gasteiger partial charge on any atom is -0.399 e. The molecule has 0 fully saturated rings. The predicted molar refractivity (Wildman–Crippen MR) is 78.2 cm³/mol. The summed E-state index contributed by atoms with van der Waals surface area (Å²) in [5.74, 6) is 1.62. The van der Waals surface area contributed by atoms with Crippen molar-refractivity contribution in [1.29, 1.82) is 0 Å². The van der Waals surface area contributed by atoms with Gasteiger partial charge in [0.25, 0.3) is 0 Å². The maximum absolute atomic E-state index is 11.8. The minimum absolute atomic E-state index is 0.00994. The van der Waals surface area contributed by atoms with Gasteiger partial charge >= 0.3 is 0 Å². The van der Waals surface area contributed by atoms with Crippen molar-refractivity contribution in [3.8, 4) is 0 Å². The summed E-state index contributed by atoms with van der Waals surface area (Å²) in [6.45, 7) is 4.47. The molecule has 20 heavy (non-hydrogen) atoms. The molecule has 1 amide bonds. The van der Waals surface area contributed by atoms with Crippen LogP contribution in [0.2, 0.25) is 0 Å². The second kappa shape index (κ2) is 6.18. The molecule has 0 saturated heterocycles. The number of rotatable bonds is 5. The maximum atomic E-state index is 11.8. The van der Waals surface area contributed by atoms with E-state index in [2.05, 4.69) is 15.4 Å². The fourth-order valence-electron chi connectivity index (χ4n) is 1.95. The summed E-state index contributed by atoms with van der Waals surface area (Å²) < 4.78 is 1.83. The van der Waals surface area contributed by atoms with Crippen LogP contribution in [0.3, 0.4) is 0 Å². The molecular formula is C14H19N5O. The van der Waals surface area contributed by atoms with Gasteiger partial charge in [-0.25, -0.2) is 4.98 Å². The lowest BCUT2D eigenvalue weighted by Crippen LogP contribution is -2.13. The van der Waals surface area contributed by atoms with Crippen LogP contribution < -0.4 is 11.1 Å². The maximum Gasteiger partial charge on any atom is 0.224 e. The zero-order valence-electron chi connectivity index (χ0n) is 11.8. The number of nitrogens with one attached hydrogen (secondary N) is 1. The van der Waals surface area contributed by atoms with Gasteiger partial charge < -0.3 is 11.1 Å². The van der Waals surface area contributed by atoms with Crippen molar-refractivity contribution in [1.82, 2.24) is 14.8 Å². The zero-order valence-corrected chi connectivity index (χ0v) is 11.8. The van der Waals surface area contributed by atoms with E-state index in [1.165, 1.54) is 0 Å². The van der Waals surface area contributed by atoms with Crippen LogP contribution in [0.4, 0.5) is 11.4 Å². The number of amides is 1. The van der Waals surface area contributed by atoms with Crippen molar-refractivity contribution in [3.63, 3.8) is 0 Å². The molecule has 0 atom stereocenters. The molecule has 2 aromatic rings. The number of aromatic nitrogens is 3. The molecule has 0 spiro atoms. The fourth-order valence-corrected chi connectivity index (χ4v) is 1.95. The Kier molecular flexibility index (Phi) is 4.34. The molecule has 0 aliphatic rings. The quantitative estimate of drug-likeness (QED) is 0.815. The van der Waals surface area contributed by atoms with Crippen LogP contribution in [0.5, 0.6) is 0 Å². The molecule has 0 aliphatic carbocycles. The first-order chi connectivity index (χ1) is 9.54. The highest BCUT2D eigenvalue weighted by atomic mass is 16.1. The third-order valence-electron chi connectivity index (χ3n) is 2.93. The number of nitrogens with zero attached hydrogens (tertiary/aromatic N) is 3. The van der Waals surface area contributed by atoms with Crippen LogP contribution in [0, 0.1) is 13.8 Å². The molecular weight excluding hydrogens is 254 g/mol. The predicted octanol–water partition coefficient (Wildman–Crippen LogP) is 1.90. The van der Waals surface area contributed by atoms with Gasteiger partial charge in [-0.3, -0.25) is 9.48 Å². The van der Waals surface area contributed by atoms with Crippen molar-refractivity contribution in [2.45, 2.75) is 33.2 Å². The van der Waals surface area contributed by atoms with E-state index in [1.54, 1.807) is 24.3 Å². The second-order valence-corrected chi connectivity index (χ2v) is 4.70. The van der Waals surface area contributed by atoms with Gasteiger partial charge in [0.05, 0.1) is 0 Å². The Morgan fingerprint density at radius 2 is 2.00 bits per heavy atom. The number of hydrogen-bond acceptors (Lipinski definition) is 4. The first-order valence-corrected chi connectivity index (χ1v) is 6.58. The van der Waals surface area contributed by atoms with Crippen LogP contribution in [0.15, 0.2) is 24.3 Å². The van der Waals surface area contributed by atoms with Gasteiger partial charge in [0.15, 0.2) is 0 Å². The van der Waals surface area contributed by atoms with Crippen molar-refractivity contribution in [3.05, 3.63) is 35.9 Å². The second-order valence-electron chi connectivity index (χ2n) is 4.70. The van der Waals surface area contributed by atoms with Crippen molar-refractivity contribution in [2.24, 2.45) is 0 Å². The molecule has 0 radical (unpaired) electrons. The van der Waals surface area contributed by atoms with Gasteiger partial charge in [-0.15, -0.1) is 0 Å². The molecule has 6 nitrogen and oxygen atoms in total. The number of nitrogen functional groups attached to an aromatic ring is 1. The third kappa shape index (κ3) is 3.81. The zero-order chi connectivity index (χ0) is 14.5. The van der Waals surface area contributed by atoms with Gasteiger partial charge in [0.1, 0.15) is 11.6 Å². The molecule has 0 aliphatic heterocycles. The molecule has 0 unspecified atom stereocenters. The molecule has 2 rings (SSSR count). The van der Waals surface area contributed by atoms with Crippen LogP contribution >= 0.6 is 0 Å². The summed E-state index contributed by atoms with van der Waals surface area (Å²) in [5.41, 5.74) is 7.03. The fraction of sp³-hybridized carbons (Fsp3) is 0.357. The van der Waals surface area contributed by atoms with Crippen molar-refractivity contribution in [2.75, 3.05) is 11.1 Å². The smallest absolute Gasteiger partial charge is 0.224 e. The lowest BCUT2D eigenvalue weighted by molar-refractivity contribution is -0.116. The topological polar surface area (TPSA) is 85.8 Å². The van der Waals surface area contributed by atoms with Crippen LogP contribution in [-0.2, 0) is 11.3 Å². The molecule has 6 heteroatoms. The number of hydrogen-bond donors (Lipinski definition) is 2. The van der Waals surface area contributed by atoms with Crippen LogP contribution in [-0.4, -0.2) is 20.7 Å². The Hall–Kier alpha value is -2.37. The summed E-state index contributed by atoms with van der Waals surface area (Å²) in [6, 6.07) is 7.10. The van der Waals surface area contributed by atoms with E-state index in [9.17, 15) is 4.79 Å². The minimum atomic E-state index is -0.00994. The summed E-state index contributed by atoms with van der Waals surface area (Å²) in [5, 5.41) is 7.10. The molecule has 1 aromatic heterocycles. The number of carbonyl (C=O) groups is 1. The average molecular weight is 273 g/mol. The normalized spacial score (nSPS) is 10.5. The molecule has 3 N–H and O–H groups in total. The summed E-state index contributed by atoms with van der Waals surface area (Å²) >= 11 is 0. The lowest BCUT2D eigenvalue weighted by Gasteiger charge is -2.06. The van der Waals surface area contributed by atoms with E-state index in [1.807, 2.05) is 18.5 Å². The van der Waals surface area contributed by atoms with E-state index in [0.717, 1.165) is 23.8 Å². The Balaban J connectivity index is 1.78. The summed E-state index contributed by atoms with van der Waals surface area (Å²) in [4.78, 5) is 16.0. The number of anilines is 2. The lowest BCUT2D eigenvalue weighted by atomic mass is 10.2. The van der Waals surface area contributed by atoms with Crippen molar-refractivity contribution >= 4 is 17.3 Å². The van der Waals surface area contributed by atoms with Crippen LogP contribution in [0.25, 0.3) is 0 Å². The van der Waals surface area contributed by atoms with E-state index in [0.29, 0.717) is 18.7 Å². The van der Waals surface area contributed by atoms with Gasteiger partial charge in [0, 0.05) is 24.3 Å². The number of nitrogens with two attached hydrogens (primary N) is 1. The molecule has 1 aromatic carbocycles. The third-order valence-corrected chi connectivity index (χ3v) is 2.93. The molecule has 0 bridgehead atoms. The first-order valence-electron chi connectivity index (χ1n) is 6.58. The Labute approximate surface area is 118 Å². The molecule has 106 valence electrons. The van der Waals surface area contributed by atoms with E-state index < -0.39 is 0 Å². The average Bonchev–Trinajstić information content (AvgIpc) is 2.71. The van der Waals surface area contributed by atoms with E-state index in [4.69, 9.17) is 5.73 Å². The van der Waals surface area contributed by atoms with Crippen molar-refractivity contribution < 1.29 is 4.79 Å². The molecule has 0 saturated carbocycles. The largest absolute Gasteiger partial charge is 0.399 e. The monoisotopic (exact) mass is 273 g/mol. The van der Waals surface area contributed by atoms with Gasteiger partial charge in [-0.1, -0.05) is 0 Å². The highest BCUT2D eigenvalue weighted by molar-refractivity contribution is 5.90. The highest BCUT2D eigenvalue weighted by Gasteiger charge is 2.05. The Morgan fingerprint density at radius 1 is 1.30 bits per heavy atom. The first kappa shape index (κ1) is 14.0. The summed E-state index contributed by atoms with van der Waals surface area (Å²) in [7, 11) is 0. The number of aryl methyl sites for hydroxylation is 3. The number of carbonyl (C=O) groups excluding carboxylic acids is 1. The molecule has 1 heterocycles. The van der Waals surface area contributed by atoms with E-state index in [-0.39, 0.29) is 5.91 Å². The summed E-state index contributed by atoms with van der Waals surface area (Å²) in [6.07, 6.45) is 1.17.